The fourth-order valence-electron chi connectivity index (χ4n) is 7.58. The van der Waals surface area contributed by atoms with Crippen molar-refractivity contribution in [2.45, 2.75) is 258 Å². The molecule has 6 heteroatoms. The molecule has 0 radical (unpaired) electrons. The van der Waals surface area contributed by atoms with Gasteiger partial charge in [0.25, 0.3) is 0 Å². The van der Waals surface area contributed by atoms with Crippen LogP contribution >= 0.6 is 0 Å². The van der Waals surface area contributed by atoms with Gasteiger partial charge in [0.15, 0.2) is 6.10 Å². The maximum absolute atomic E-state index is 12.8. The van der Waals surface area contributed by atoms with Crippen LogP contribution in [0.2, 0.25) is 0 Å². The first-order valence-electron chi connectivity index (χ1n) is 28.4. The molecule has 0 saturated heterocycles. The molecule has 392 valence electrons. The van der Waals surface area contributed by atoms with Gasteiger partial charge in [0.2, 0.25) is 0 Å². The van der Waals surface area contributed by atoms with Gasteiger partial charge in [0, 0.05) is 19.3 Å². The summed E-state index contributed by atoms with van der Waals surface area (Å²) >= 11 is 0. The Balaban J connectivity index is 4.26. The van der Waals surface area contributed by atoms with Crippen LogP contribution in [0.4, 0.5) is 0 Å². The van der Waals surface area contributed by atoms with Crippen molar-refractivity contribution in [1.29, 1.82) is 0 Å². The fraction of sp³-hybridized carbons (Fsp3) is 0.667. The fourth-order valence-corrected chi connectivity index (χ4v) is 7.58. The minimum Gasteiger partial charge on any atom is -0.462 e. The molecule has 0 aromatic rings. The molecule has 0 aromatic heterocycles. The van der Waals surface area contributed by atoms with Crippen LogP contribution in [-0.4, -0.2) is 37.2 Å². The molecule has 0 fully saturated rings. The third-order valence-corrected chi connectivity index (χ3v) is 11.8. The Morgan fingerprint density at radius 1 is 0.304 bits per heavy atom. The zero-order chi connectivity index (χ0) is 50.0. The van der Waals surface area contributed by atoms with Crippen LogP contribution in [0.15, 0.2) is 109 Å². The summed E-state index contributed by atoms with van der Waals surface area (Å²) in [5.41, 5.74) is 0. The van der Waals surface area contributed by atoms with Crippen LogP contribution in [0.5, 0.6) is 0 Å². The molecular weight excluding hydrogens is 853 g/mol. The van der Waals surface area contributed by atoms with Gasteiger partial charge in [0.05, 0.1) is 0 Å². The summed E-state index contributed by atoms with van der Waals surface area (Å²) in [7, 11) is 0. The normalized spacial score (nSPS) is 12.9. The highest BCUT2D eigenvalue weighted by Crippen LogP contribution is 2.15. The SMILES string of the molecule is CC/C=C\C/C=C\C/C=C\C/C=C\C/C=C\CCCCCCCC(=O)OC(COC(=O)CCCCCCCCC)COC(=O)CCCCCCCCCCCC/C=C\C/C=C\C/C=C\C/C=C\CC. The summed E-state index contributed by atoms with van der Waals surface area (Å²) in [5, 5.41) is 0. The number of carbonyl (C=O) groups excluding carboxylic acids is 3. The van der Waals surface area contributed by atoms with Crippen LogP contribution in [-0.2, 0) is 28.6 Å². The van der Waals surface area contributed by atoms with Crippen LogP contribution in [0.3, 0.4) is 0 Å². The smallest absolute Gasteiger partial charge is 0.306 e. The second-order valence-electron chi connectivity index (χ2n) is 18.4. The van der Waals surface area contributed by atoms with Crippen LogP contribution in [0, 0.1) is 0 Å². The van der Waals surface area contributed by atoms with Gasteiger partial charge in [-0.3, -0.25) is 14.4 Å². The van der Waals surface area contributed by atoms with Crippen molar-refractivity contribution in [2.24, 2.45) is 0 Å². The topological polar surface area (TPSA) is 78.9 Å². The summed E-state index contributed by atoms with van der Waals surface area (Å²) < 4.78 is 16.8. The Morgan fingerprint density at radius 2 is 0.565 bits per heavy atom. The van der Waals surface area contributed by atoms with E-state index in [2.05, 4.69) is 130 Å². The molecule has 0 N–H and O–H groups in total. The Bertz CT molecular complexity index is 1420. The second kappa shape index (κ2) is 56.7. The van der Waals surface area contributed by atoms with Crippen molar-refractivity contribution in [3.8, 4) is 0 Å². The van der Waals surface area contributed by atoms with E-state index in [-0.39, 0.29) is 31.1 Å². The van der Waals surface area contributed by atoms with Crippen molar-refractivity contribution in [3.63, 3.8) is 0 Å². The quantitative estimate of drug-likeness (QED) is 0.0262. The predicted octanol–water partition coefficient (Wildman–Crippen LogP) is 19.1. The Hall–Kier alpha value is -3.93. The third kappa shape index (κ3) is 54.9. The molecule has 0 bridgehead atoms. The first-order valence-corrected chi connectivity index (χ1v) is 28.4. The summed E-state index contributed by atoms with van der Waals surface area (Å²) in [6.45, 7) is 6.35. The van der Waals surface area contributed by atoms with E-state index in [1.54, 1.807) is 0 Å². The summed E-state index contributed by atoms with van der Waals surface area (Å²) in [6.07, 6.45) is 76.7. The molecule has 0 aliphatic rings. The van der Waals surface area contributed by atoms with E-state index in [0.717, 1.165) is 135 Å². The summed E-state index contributed by atoms with van der Waals surface area (Å²) in [4.78, 5) is 38.0. The molecule has 0 aliphatic heterocycles. The van der Waals surface area contributed by atoms with Gasteiger partial charge in [-0.2, -0.15) is 0 Å². The Labute approximate surface area is 425 Å². The highest BCUT2D eigenvalue weighted by atomic mass is 16.6. The molecule has 0 aromatic carbocycles. The molecule has 0 amide bonds. The highest BCUT2D eigenvalue weighted by molar-refractivity contribution is 5.71. The van der Waals surface area contributed by atoms with E-state index in [0.29, 0.717) is 19.3 Å². The molecule has 69 heavy (non-hydrogen) atoms. The lowest BCUT2D eigenvalue weighted by atomic mass is 10.1. The maximum atomic E-state index is 12.8. The van der Waals surface area contributed by atoms with Crippen LogP contribution in [0.25, 0.3) is 0 Å². The molecule has 1 unspecified atom stereocenters. The van der Waals surface area contributed by atoms with Gasteiger partial charge in [-0.05, 0) is 103 Å². The highest BCUT2D eigenvalue weighted by Gasteiger charge is 2.19. The molecule has 0 heterocycles. The molecule has 0 rings (SSSR count). The lowest BCUT2D eigenvalue weighted by Gasteiger charge is -2.18. The maximum Gasteiger partial charge on any atom is 0.306 e. The monoisotopic (exact) mass is 957 g/mol. The van der Waals surface area contributed by atoms with Crippen LogP contribution in [0.1, 0.15) is 252 Å². The van der Waals surface area contributed by atoms with E-state index in [1.165, 1.54) is 77.0 Å². The van der Waals surface area contributed by atoms with Gasteiger partial charge in [-0.15, -0.1) is 0 Å². The molecule has 0 saturated carbocycles. The van der Waals surface area contributed by atoms with Gasteiger partial charge >= 0.3 is 17.9 Å². The zero-order valence-electron chi connectivity index (χ0n) is 44.8. The lowest BCUT2D eigenvalue weighted by molar-refractivity contribution is -0.167. The lowest BCUT2D eigenvalue weighted by Crippen LogP contribution is -2.30. The number of rotatable bonds is 50. The minimum absolute atomic E-state index is 0.0879. The standard InChI is InChI=1S/C63H104O6/c1-4-7-10-13-16-18-20-22-24-26-28-30-31-33-34-36-38-40-42-44-47-50-53-56-62(65)68-59-60(58-67-61(64)55-52-49-46-15-12-9-6-3)69-63(66)57-54-51-48-45-43-41-39-37-35-32-29-27-25-23-21-19-17-14-11-8-5-2/h7-8,10-11,16-19,22-25,28-30,32,37,39,60H,4-6,9,12-15,20-21,26-27,31,33-36,38,40-59H2,1-3H3/b10-7-,11-8-,18-16-,19-17-,24-22-,25-23-,30-28-,32-29-,39-37-. The van der Waals surface area contributed by atoms with Crippen molar-refractivity contribution in [1.82, 2.24) is 0 Å². The molecule has 0 aliphatic carbocycles. The second-order valence-corrected chi connectivity index (χ2v) is 18.4. The van der Waals surface area contributed by atoms with E-state index in [4.69, 9.17) is 14.2 Å². The Morgan fingerprint density at radius 3 is 0.884 bits per heavy atom. The van der Waals surface area contributed by atoms with Crippen molar-refractivity contribution >= 4 is 17.9 Å². The van der Waals surface area contributed by atoms with E-state index < -0.39 is 6.10 Å². The van der Waals surface area contributed by atoms with Gasteiger partial charge in [-0.25, -0.2) is 0 Å². The van der Waals surface area contributed by atoms with Gasteiger partial charge < -0.3 is 14.2 Å². The van der Waals surface area contributed by atoms with E-state index >= 15 is 0 Å². The summed E-state index contributed by atoms with van der Waals surface area (Å²) in [6, 6.07) is 0. The van der Waals surface area contributed by atoms with Crippen molar-refractivity contribution in [3.05, 3.63) is 109 Å². The largest absolute Gasteiger partial charge is 0.462 e. The first kappa shape index (κ1) is 65.1. The van der Waals surface area contributed by atoms with Crippen molar-refractivity contribution < 1.29 is 28.6 Å². The summed E-state index contributed by atoms with van der Waals surface area (Å²) in [5.74, 6) is -0.918. The number of carbonyl (C=O) groups is 3. The number of hydrogen-bond donors (Lipinski definition) is 0. The number of allylic oxidation sites excluding steroid dienone is 18. The molecule has 6 nitrogen and oxygen atoms in total. The average molecular weight is 958 g/mol. The predicted molar refractivity (Wildman–Crippen MR) is 297 cm³/mol. The molecule has 1 atom stereocenters. The first-order chi connectivity index (χ1) is 34.0. The third-order valence-electron chi connectivity index (χ3n) is 11.8. The Kier molecular flexibility index (Phi) is 53.4. The number of unbranched alkanes of at least 4 members (excludes halogenated alkanes) is 21. The van der Waals surface area contributed by atoms with E-state index in [9.17, 15) is 14.4 Å². The van der Waals surface area contributed by atoms with Crippen molar-refractivity contribution in [2.75, 3.05) is 13.2 Å². The number of hydrogen-bond acceptors (Lipinski definition) is 6. The van der Waals surface area contributed by atoms with Gasteiger partial charge in [-0.1, -0.05) is 239 Å². The number of esters is 3. The molecule has 0 spiro atoms. The number of ether oxygens (including phenoxy) is 3. The van der Waals surface area contributed by atoms with E-state index in [1.807, 2.05) is 0 Å². The van der Waals surface area contributed by atoms with Gasteiger partial charge in [0.1, 0.15) is 13.2 Å². The minimum atomic E-state index is -0.789. The zero-order valence-corrected chi connectivity index (χ0v) is 44.8. The van der Waals surface area contributed by atoms with Crippen LogP contribution < -0.4 is 0 Å². The molecular formula is C63H104O6. The average Bonchev–Trinajstić information content (AvgIpc) is 3.35.